The lowest BCUT2D eigenvalue weighted by Crippen LogP contribution is -2.17. The number of aryl methyl sites for hydroxylation is 1. The van der Waals surface area contributed by atoms with Gasteiger partial charge in [0.2, 0.25) is 5.91 Å². The molecule has 0 saturated heterocycles. The maximum Gasteiger partial charge on any atom is 0.307 e. The highest BCUT2D eigenvalue weighted by molar-refractivity contribution is 7.09. The van der Waals surface area contributed by atoms with Crippen LogP contribution in [0.5, 0.6) is 0 Å². The maximum atomic E-state index is 12.4. The predicted octanol–water partition coefficient (Wildman–Crippen LogP) is 3.41. The summed E-state index contributed by atoms with van der Waals surface area (Å²) in [7, 11) is 0. The minimum absolute atomic E-state index is 0.242. The molecule has 1 aromatic carbocycles. The van der Waals surface area contributed by atoms with E-state index in [0.29, 0.717) is 5.69 Å². The molecule has 1 fully saturated rings. The fourth-order valence-electron chi connectivity index (χ4n) is 3.06. The molecule has 1 aromatic heterocycles. The second-order valence-electron chi connectivity index (χ2n) is 6.44. The third-order valence-electron chi connectivity index (χ3n) is 4.42. The largest absolute Gasteiger partial charge is 0.481 e. The summed E-state index contributed by atoms with van der Waals surface area (Å²) in [5.41, 5.74) is 1.96. The van der Waals surface area contributed by atoms with Crippen LogP contribution in [0, 0.1) is 24.2 Å². The van der Waals surface area contributed by atoms with Crippen molar-refractivity contribution in [1.82, 2.24) is 4.98 Å². The Morgan fingerprint density at radius 2 is 2.04 bits per heavy atom. The molecule has 0 spiro atoms. The Balaban J connectivity index is 1.76. The average Bonchev–Trinajstić information content (AvgIpc) is 2.83. The molecule has 1 aliphatic rings. The van der Waals surface area contributed by atoms with Gasteiger partial charge in [0, 0.05) is 16.6 Å². The number of carbonyl (C=O) groups is 2. The van der Waals surface area contributed by atoms with Crippen molar-refractivity contribution in [3.05, 3.63) is 34.7 Å². The van der Waals surface area contributed by atoms with E-state index in [-0.39, 0.29) is 5.91 Å². The third kappa shape index (κ3) is 2.86. The zero-order valence-corrected chi connectivity index (χ0v) is 14.0. The molecular formula is C17H18N2O3S. The number of carboxylic acid groups (broad SMARTS) is 1. The van der Waals surface area contributed by atoms with Gasteiger partial charge in [-0.15, -0.1) is 11.3 Å². The van der Waals surface area contributed by atoms with E-state index in [2.05, 4.69) is 10.3 Å². The van der Waals surface area contributed by atoms with Crippen molar-refractivity contribution >= 4 is 28.9 Å². The summed E-state index contributed by atoms with van der Waals surface area (Å²) in [6.45, 7) is 5.57. The van der Waals surface area contributed by atoms with Crippen LogP contribution in [-0.2, 0) is 9.59 Å². The molecule has 2 aromatic rings. The van der Waals surface area contributed by atoms with Crippen LogP contribution in [0.1, 0.15) is 18.9 Å². The maximum absolute atomic E-state index is 12.4. The quantitative estimate of drug-likeness (QED) is 0.900. The average molecular weight is 330 g/mol. The number of aromatic nitrogens is 1. The van der Waals surface area contributed by atoms with Crippen LogP contribution in [0.3, 0.4) is 0 Å². The number of amides is 1. The highest BCUT2D eigenvalue weighted by Gasteiger charge is 2.65. The zero-order chi connectivity index (χ0) is 16.8. The summed E-state index contributed by atoms with van der Waals surface area (Å²) in [6, 6.07) is 7.45. The number of carboxylic acids is 1. The summed E-state index contributed by atoms with van der Waals surface area (Å²) in [4.78, 5) is 28.0. The highest BCUT2D eigenvalue weighted by Crippen LogP contribution is 2.58. The van der Waals surface area contributed by atoms with Gasteiger partial charge < -0.3 is 10.4 Å². The van der Waals surface area contributed by atoms with Crippen molar-refractivity contribution in [3.8, 4) is 11.3 Å². The monoisotopic (exact) mass is 330 g/mol. The van der Waals surface area contributed by atoms with Gasteiger partial charge in [0.05, 0.1) is 22.5 Å². The summed E-state index contributed by atoms with van der Waals surface area (Å²) in [5.74, 6) is -2.27. The highest BCUT2D eigenvalue weighted by atomic mass is 32.1. The summed E-state index contributed by atoms with van der Waals surface area (Å²) < 4.78 is 0. The van der Waals surface area contributed by atoms with Gasteiger partial charge in [0.25, 0.3) is 0 Å². The van der Waals surface area contributed by atoms with Gasteiger partial charge in [-0.05, 0) is 24.5 Å². The second kappa shape index (κ2) is 5.45. The van der Waals surface area contributed by atoms with E-state index >= 15 is 0 Å². The Kier molecular flexibility index (Phi) is 3.72. The molecule has 1 saturated carbocycles. The predicted molar refractivity (Wildman–Crippen MR) is 89.3 cm³/mol. The molecule has 0 unspecified atom stereocenters. The molecule has 0 bridgehead atoms. The van der Waals surface area contributed by atoms with Crippen LogP contribution < -0.4 is 5.32 Å². The molecule has 1 heterocycles. The molecule has 1 amide bonds. The van der Waals surface area contributed by atoms with Crippen LogP contribution in [-0.4, -0.2) is 22.0 Å². The lowest BCUT2D eigenvalue weighted by Gasteiger charge is -2.07. The molecule has 0 radical (unpaired) electrons. The number of nitrogens with zero attached hydrogens (tertiary/aromatic N) is 1. The van der Waals surface area contributed by atoms with E-state index in [1.807, 2.05) is 44.4 Å². The second-order valence-corrected chi connectivity index (χ2v) is 7.50. The van der Waals surface area contributed by atoms with Gasteiger partial charge in [0.15, 0.2) is 0 Å². The van der Waals surface area contributed by atoms with Gasteiger partial charge in [-0.3, -0.25) is 9.59 Å². The Morgan fingerprint density at radius 3 is 2.61 bits per heavy atom. The number of hydrogen-bond acceptors (Lipinski definition) is 4. The van der Waals surface area contributed by atoms with E-state index in [4.69, 9.17) is 0 Å². The van der Waals surface area contributed by atoms with Crippen molar-refractivity contribution in [2.75, 3.05) is 5.32 Å². The van der Waals surface area contributed by atoms with Crippen molar-refractivity contribution < 1.29 is 14.7 Å². The standard InChI is InChI=1S/C17H18N2O3S/c1-9-18-12(8-23-9)10-5-4-6-11(7-10)19-15(20)13-14(16(21)22)17(13,2)3/h4-8,13-14H,1-3H3,(H,19,20)(H,21,22)/t13-,14-/m1/s1. The van der Waals surface area contributed by atoms with Gasteiger partial charge in [-0.2, -0.15) is 0 Å². The van der Waals surface area contributed by atoms with Gasteiger partial charge in [-0.1, -0.05) is 26.0 Å². The van der Waals surface area contributed by atoms with Crippen molar-refractivity contribution in [3.63, 3.8) is 0 Å². The number of hydrogen-bond donors (Lipinski definition) is 2. The fraction of sp³-hybridized carbons (Fsp3) is 0.353. The van der Waals surface area contributed by atoms with Crippen LogP contribution in [0.25, 0.3) is 11.3 Å². The number of aliphatic carboxylic acids is 1. The first-order valence-electron chi connectivity index (χ1n) is 7.37. The molecule has 120 valence electrons. The fourth-order valence-corrected chi connectivity index (χ4v) is 3.68. The smallest absolute Gasteiger partial charge is 0.307 e. The number of nitrogens with one attached hydrogen (secondary N) is 1. The lowest BCUT2D eigenvalue weighted by atomic mass is 10.1. The van der Waals surface area contributed by atoms with E-state index in [1.165, 1.54) is 0 Å². The van der Waals surface area contributed by atoms with Gasteiger partial charge >= 0.3 is 5.97 Å². The van der Waals surface area contributed by atoms with Crippen LogP contribution >= 0.6 is 11.3 Å². The first kappa shape index (κ1) is 15.7. The topological polar surface area (TPSA) is 79.3 Å². The van der Waals surface area contributed by atoms with E-state index in [9.17, 15) is 14.7 Å². The molecule has 6 heteroatoms. The third-order valence-corrected chi connectivity index (χ3v) is 5.19. The molecule has 0 aliphatic heterocycles. The summed E-state index contributed by atoms with van der Waals surface area (Å²) in [6.07, 6.45) is 0. The van der Waals surface area contributed by atoms with E-state index in [0.717, 1.165) is 16.3 Å². The lowest BCUT2D eigenvalue weighted by molar-refractivity contribution is -0.140. The molecular weight excluding hydrogens is 312 g/mol. The van der Waals surface area contributed by atoms with E-state index in [1.54, 1.807) is 17.4 Å². The van der Waals surface area contributed by atoms with Crippen molar-refractivity contribution in [2.45, 2.75) is 20.8 Å². The summed E-state index contributed by atoms with van der Waals surface area (Å²) in [5, 5.41) is 15.0. The Morgan fingerprint density at radius 1 is 1.30 bits per heavy atom. The molecule has 2 atom stereocenters. The van der Waals surface area contributed by atoms with E-state index < -0.39 is 23.2 Å². The zero-order valence-electron chi connectivity index (χ0n) is 13.2. The minimum atomic E-state index is -0.915. The van der Waals surface area contributed by atoms with Crippen LogP contribution in [0.4, 0.5) is 5.69 Å². The first-order chi connectivity index (χ1) is 10.8. The number of rotatable bonds is 4. The first-order valence-corrected chi connectivity index (χ1v) is 8.25. The molecule has 3 rings (SSSR count). The van der Waals surface area contributed by atoms with Crippen LogP contribution in [0.15, 0.2) is 29.6 Å². The number of carbonyl (C=O) groups excluding carboxylic acids is 1. The number of anilines is 1. The van der Waals surface area contributed by atoms with Crippen molar-refractivity contribution in [2.24, 2.45) is 17.3 Å². The SMILES string of the molecule is Cc1nc(-c2cccc(NC(=O)[C@H]3[C@H](C(=O)O)C3(C)C)c2)cs1. The van der Waals surface area contributed by atoms with Gasteiger partial charge in [-0.25, -0.2) is 4.98 Å². The summed E-state index contributed by atoms with van der Waals surface area (Å²) >= 11 is 1.57. The number of thiazole rings is 1. The Bertz CT molecular complexity index is 782. The van der Waals surface area contributed by atoms with Crippen molar-refractivity contribution in [1.29, 1.82) is 0 Å². The molecule has 2 N–H and O–H groups in total. The normalized spacial score (nSPS) is 21.7. The Labute approximate surface area is 138 Å². The molecule has 1 aliphatic carbocycles. The minimum Gasteiger partial charge on any atom is -0.481 e. The Hall–Kier alpha value is -2.21. The molecule has 5 nitrogen and oxygen atoms in total. The number of benzene rings is 1. The molecule has 23 heavy (non-hydrogen) atoms. The van der Waals surface area contributed by atoms with Crippen LogP contribution in [0.2, 0.25) is 0 Å². The van der Waals surface area contributed by atoms with Gasteiger partial charge in [0.1, 0.15) is 0 Å².